The van der Waals surface area contributed by atoms with E-state index in [0.717, 1.165) is 32.1 Å². The van der Waals surface area contributed by atoms with Gasteiger partial charge in [0, 0.05) is 46.3 Å². The van der Waals surface area contributed by atoms with Crippen molar-refractivity contribution in [2.75, 3.05) is 66.5 Å². The summed E-state index contributed by atoms with van der Waals surface area (Å²) in [5, 5.41) is 3.49. The Labute approximate surface area is 133 Å². The van der Waals surface area contributed by atoms with Gasteiger partial charge in [-0.25, -0.2) is 4.79 Å². The van der Waals surface area contributed by atoms with Crippen molar-refractivity contribution in [3.05, 3.63) is 0 Å². The minimum atomic E-state index is -0.209. The molecule has 1 atom stereocenters. The summed E-state index contributed by atoms with van der Waals surface area (Å²) in [4.78, 5) is 22.4. The third kappa shape index (κ3) is 4.50. The number of nitrogens with one attached hydrogen (secondary N) is 1. The lowest BCUT2D eigenvalue weighted by molar-refractivity contribution is 0.0914. The van der Waals surface area contributed by atoms with Gasteiger partial charge < -0.3 is 24.8 Å². The van der Waals surface area contributed by atoms with Gasteiger partial charge in [-0.1, -0.05) is 0 Å². The van der Waals surface area contributed by atoms with Crippen LogP contribution in [0.15, 0.2) is 4.99 Å². The Hall–Kier alpha value is -1.50. The minimum absolute atomic E-state index is 0.209. The normalized spacial score (nSPS) is 23.8. The molecule has 2 heterocycles. The fourth-order valence-corrected chi connectivity index (χ4v) is 3.08. The third-order valence-corrected chi connectivity index (χ3v) is 4.35. The maximum atomic E-state index is 11.7. The monoisotopic (exact) mass is 311 g/mol. The van der Waals surface area contributed by atoms with E-state index in [1.165, 1.54) is 13.0 Å². The van der Waals surface area contributed by atoms with Gasteiger partial charge in [-0.05, 0) is 32.9 Å². The van der Waals surface area contributed by atoms with Crippen molar-refractivity contribution in [2.24, 2.45) is 10.9 Å². The Balaban J connectivity index is 1.75. The van der Waals surface area contributed by atoms with E-state index in [1.54, 1.807) is 4.90 Å². The van der Waals surface area contributed by atoms with E-state index in [0.29, 0.717) is 25.6 Å². The van der Waals surface area contributed by atoms with Crippen molar-refractivity contribution in [1.82, 2.24) is 20.0 Å². The van der Waals surface area contributed by atoms with Crippen LogP contribution in [0.2, 0.25) is 0 Å². The van der Waals surface area contributed by atoms with Crippen LogP contribution in [-0.2, 0) is 4.74 Å². The lowest BCUT2D eigenvalue weighted by Gasteiger charge is -2.36. The number of piperazine rings is 1. The van der Waals surface area contributed by atoms with Crippen LogP contribution in [0.25, 0.3) is 0 Å². The van der Waals surface area contributed by atoms with Crippen molar-refractivity contribution in [2.45, 2.75) is 13.3 Å². The van der Waals surface area contributed by atoms with Crippen LogP contribution >= 0.6 is 0 Å². The second kappa shape index (κ2) is 8.22. The number of ether oxygens (including phenoxy) is 1. The van der Waals surface area contributed by atoms with Crippen LogP contribution in [0, 0.1) is 5.92 Å². The molecule has 0 aromatic heterocycles. The maximum Gasteiger partial charge on any atom is 0.409 e. The molecule has 22 heavy (non-hydrogen) atoms. The predicted molar refractivity (Wildman–Crippen MR) is 87.1 cm³/mol. The Morgan fingerprint density at radius 2 is 1.91 bits per heavy atom. The molecule has 0 radical (unpaired) electrons. The molecule has 1 amide bonds. The van der Waals surface area contributed by atoms with Crippen LogP contribution in [0.4, 0.5) is 4.79 Å². The number of nitrogens with zero attached hydrogens (tertiary/aromatic N) is 4. The van der Waals surface area contributed by atoms with Crippen LogP contribution in [0.5, 0.6) is 0 Å². The van der Waals surface area contributed by atoms with E-state index in [2.05, 4.69) is 27.2 Å². The SMILES string of the molecule is CCOC(=O)N1CCN(C(=NC)NCC2CCN(C)C2)CC1. The first-order valence-electron chi connectivity index (χ1n) is 8.19. The molecule has 2 fully saturated rings. The average Bonchev–Trinajstić information content (AvgIpc) is 2.94. The Morgan fingerprint density at radius 3 is 2.45 bits per heavy atom. The number of amides is 1. The van der Waals surface area contributed by atoms with E-state index in [1.807, 2.05) is 14.0 Å². The highest BCUT2D eigenvalue weighted by Crippen LogP contribution is 2.13. The van der Waals surface area contributed by atoms with E-state index >= 15 is 0 Å². The summed E-state index contributed by atoms with van der Waals surface area (Å²) in [5.41, 5.74) is 0. The molecular weight excluding hydrogens is 282 g/mol. The van der Waals surface area contributed by atoms with Gasteiger partial charge in [-0.3, -0.25) is 4.99 Å². The Kier molecular flexibility index (Phi) is 6.30. The highest BCUT2D eigenvalue weighted by atomic mass is 16.6. The zero-order chi connectivity index (χ0) is 15.9. The number of hydrogen-bond donors (Lipinski definition) is 1. The predicted octanol–water partition coefficient (Wildman–Crippen LogP) is 0.288. The highest BCUT2D eigenvalue weighted by molar-refractivity contribution is 5.80. The molecule has 2 aliphatic rings. The molecule has 7 nitrogen and oxygen atoms in total. The third-order valence-electron chi connectivity index (χ3n) is 4.35. The van der Waals surface area contributed by atoms with E-state index in [4.69, 9.17) is 4.74 Å². The van der Waals surface area contributed by atoms with Gasteiger partial charge >= 0.3 is 6.09 Å². The Bertz CT molecular complexity index is 393. The van der Waals surface area contributed by atoms with Gasteiger partial charge in [0.05, 0.1) is 6.61 Å². The summed E-state index contributed by atoms with van der Waals surface area (Å²) in [6.07, 6.45) is 1.04. The van der Waals surface area contributed by atoms with E-state index in [-0.39, 0.29) is 6.09 Å². The summed E-state index contributed by atoms with van der Waals surface area (Å²) >= 11 is 0. The first kappa shape index (κ1) is 16.9. The van der Waals surface area contributed by atoms with Gasteiger partial charge in [0.25, 0.3) is 0 Å². The smallest absolute Gasteiger partial charge is 0.409 e. The second-order valence-corrected chi connectivity index (χ2v) is 6.02. The molecular formula is C15H29N5O2. The summed E-state index contributed by atoms with van der Waals surface area (Å²) in [6.45, 7) is 8.53. The summed E-state index contributed by atoms with van der Waals surface area (Å²) in [7, 11) is 3.99. The molecule has 2 aliphatic heterocycles. The average molecular weight is 311 g/mol. The van der Waals surface area contributed by atoms with Crippen molar-refractivity contribution in [3.8, 4) is 0 Å². The number of hydrogen-bond acceptors (Lipinski definition) is 4. The topological polar surface area (TPSA) is 60.4 Å². The molecule has 0 spiro atoms. The maximum absolute atomic E-state index is 11.7. The first-order valence-corrected chi connectivity index (χ1v) is 8.19. The first-order chi connectivity index (χ1) is 10.6. The second-order valence-electron chi connectivity index (χ2n) is 6.02. The van der Waals surface area contributed by atoms with Crippen LogP contribution in [0.1, 0.15) is 13.3 Å². The van der Waals surface area contributed by atoms with Crippen molar-refractivity contribution in [1.29, 1.82) is 0 Å². The molecule has 0 aromatic rings. The molecule has 2 rings (SSSR count). The molecule has 0 bridgehead atoms. The number of rotatable bonds is 3. The number of carbonyl (C=O) groups is 1. The summed E-state index contributed by atoms with van der Waals surface area (Å²) in [6, 6.07) is 0. The lowest BCUT2D eigenvalue weighted by Crippen LogP contribution is -2.54. The fraction of sp³-hybridized carbons (Fsp3) is 0.867. The molecule has 126 valence electrons. The zero-order valence-electron chi connectivity index (χ0n) is 14.0. The zero-order valence-corrected chi connectivity index (χ0v) is 14.0. The van der Waals surface area contributed by atoms with E-state index in [9.17, 15) is 4.79 Å². The largest absolute Gasteiger partial charge is 0.450 e. The quantitative estimate of drug-likeness (QED) is 0.599. The van der Waals surface area contributed by atoms with E-state index < -0.39 is 0 Å². The van der Waals surface area contributed by atoms with Gasteiger partial charge in [-0.2, -0.15) is 0 Å². The number of likely N-dealkylation sites (tertiary alicyclic amines) is 1. The molecule has 0 aliphatic carbocycles. The van der Waals surface area contributed by atoms with Crippen LogP contribution in [-0.4, -0.2) is 93.3 Å². The van der Waals surface area contributed by atoms with Crippen LogP contribution in [0.3, 0.4) is 0 Å². The van der Waals surface area contributed by atoms with Crippen molar-refractivity contribution >= 4 is 12.1 Å². The van der Waals surface area contributed by atoms with Gasteiger partial charge in [-0.15, -0.1) is 0 Å². The standard InChI is InChI=1S/C15H29N5O2/c1-4-22-15(21)20-9-7-19(8-10-20)14(16-2)17-11-13-5-6-18(3)12-13/h13H,4-12H2,1-3H3,(H,16,17). The number of aliphatic imine (C=N–C) groups is 1. The van der Waals surface area contributed by atoms with Crippen LogP contribution < -0.4 is 5.32 Å². The Morgan fingerprint density at radius 1 is 1.23 bits per heavy atom. The summed E-state index contributed by atoms with van der Waals surface area (Å²) < 4.78 is 5.05. The molecule has 0 aromatic carbocycles. The summed E-state index contributed by atoms with van der Waals surface area (Å²) in [5.74, 6) is 1.64. The minimum Gasteiger partial charge on any atom is -0.450 e. The molecule has 1 N–H and O–H groups in total. The highest BCUT2D eigenvalue weighted by Gasteiger charge is 2.25. The van der Waals surface area contributed by atoms with Gasteiger partial charge in [0.2, 0.25) is 0 Å². The molecule has 2 saturated heterocycles. The number of carbonyl (C=O) groups excluding carboxylic acids is 1. The molecule has 1 unspecified atom stereocenters. The number of guanidine groups is 1. The lowest BCUT2D eigenvalue weighted by atomic mass is 10.1. The van der Waals surface area contributed by atoms with Gasteiger partial charge in [0.15, 0.2) is 5.96 Å². The van der Waals surface area contributed by atoms with Gasteiger partial charge in [0.1, 0.15) is 0 Å². The molecule has 0 saturated carbocycles. The molecule has 7 heteroatoms. The van der Waals surface area contributed by atoms with Crippen molar-refractivity contribution < 1.29 is 9.53 Å². The van der Waals surface area contributed by atoms with Crippen molar-refractivity contribution in [3.63, 3.8) is 0 Å². The fourth-order valence-electron chi connectivity index (χ4n) is 3.08.